The zero-order chi connectivity index (χ0) is 16.7. The number of imide groups is 1. The second-order valence-corrected chi connectivity index (χ2v) is 6.82. The number of carbonyl (C=O) groups excluding carboxylic acids is 2. The molecule has 6 nitrogen and oxygen atoms in total. The maximum Gasteiger partial charge on any atom is 0.327 e. The van der Waals surface area contributed by atoms with E-state index in [4.69, 9.17) is 4.74 Å². The largest absolute Gasteiger partial charge is 0.496 e. The zero-order valence-electron chi connectivity index (χ0n) is 13.3. The summed E-state index contributed by atoms with van der Waals surface area (Å²) < 4.78 is 5.37. The lowest BCUT2D eigenvalue weighted by molar-refractivity contribution is -0.125. The van der Waals surface area contributed by atoms with Crippen molar-refractivity contribution in [2.75, 3.05) is 13.7 Å². The Morgan fingerprint density at radius 1 is 1.29 bits per heavy atom. The number of methoxy groups -OCH3 is 1. The molecule has 124 valence electrons. The molecule has 1 aliphatic heterocycles. The molecule has 2 fully saturated rings. The lowest BCUT2D eigenvalue weighted by atomic mass is 10.2. The number of rotatable bonds is 5. The van der Waals surface area contributed by atoms with Crippen LogP contribution >= 0.6 is 11.3 Å². The van der Waals surface area contributed by atoms with Crippen LogP contribution in [0, 0.1) is 0 Å². The van der Waals surface area contributed by atoms with Crippen LogP contribution in [0.1, 0.15) is 18.5 Å². The van der Waals surface area contributed by atoms with E-state index in [0.29, 0.717) is 0 Å². The van der Waals surface area contributed by atoms with Gasteiger partial charge >= 0.3 is 6.03 Å². The first kappa shape index (κ1) is 15.1. The van der Waals surface area contributed by atoms with Gasteiger partial charge in [0.2, 0.25) is 0 Å². The van der Waals surface area contributed by atoms with Crippen molar-refractivity contribution < 1.29 is 14.3 Å². The first-order valence-electron chi connectivity index (χ1n) is 7.86. The van der Waals surface area contributed by atoms with E-state index in [1.807, 2.05) is 29.6 Å². The highest BCUT2D eigenvalue weighted by Crippen LogP contribution is 2.33. The van der Waals surface area contributed by atoms with Gasteiger partial charge in [-0.05, 0) is 25.0 Å². The summed E-state index contributed by atoms with van der Waals surface area (Å²) in [6.07, 6.45) is 2.00. The van der Waals surface area contributed by atoms with Crippen molar-refractivity contribution >= 4 is 23.3 Å². The summed E-state index contributed by atoms with van der Waals surface area (Å²) in [6, 6.07) is 7.74. The van der Waals surface area contributed by atoms with Gasteiger partial charge in [-0.25, -0.2) is 9.78 Å². The maximum atomic E-state index is 12.4. The molecular weight excluding hydrogens is 326 g/mol. The molecule has 4 rings (SSSR count). The molecular formula is C17H17N3O3S. The van der Waals surface area contributed by atoms with Gasteiger partial charge in [0.15, 0.2) is 0 Å². The molecule has 0 spiro atoms. The predicted octanol–water partition coefficient (Wildman–Crippen LogP) is 2.75. The number of para-hydroxylation sites is 1. The number of urea groups is 1. The van der Waals surface area contributed by atoms with E-state index in [1.165, 1.54) is 16.2 Å². The van der Waals surface area contributed by atoms with E-state index in [-0.39, 0.29) is 31.1 Å². The zero-order valence-corrected chi connectivity index (χ0v) is 14.1. The first-order chi connectivity index (χ1) is 11.7. The summed E-state index contributed by atoms with van der Waals surface area (Å²) in [5, 5.41) is 2.71. The number of ether oxygens (including phenoxy) is 1. The van der Waals surface area contributed by atoms with E-state index in [0.717, 1.165) is 34.9 Å². The number of hydrogen-bond acceptors (Lipinski definition) is 5. The van der Waals surface area contributed by atoms with Crippen LogP contribution in [0.25, 0.3) is 10.6 Å². The van der Waals surface area contributed by atoms with Crippen molar-refractivity contribution in [2.24, 2.45) is 0 Å². The van der Waals surface area contributed by atoms with Crippen LogP contribution in [0.15, 0.2) is 29.6 Å². The minimum Gasteiger partial charge on any atom is -0.496 e. The van der Waals surface area contributed by atoms with Crippen LogP contribution in [0.2, 0.25) is 0 Å². The Kier molecular flexibility index (Phi) is 3.72. The summed E-state index contributed by atoms with van der Waals surface area (Å²) in [4.78, 5) is 32.1. The van der Waals surface area contributed by atoms with Gasteiger partial charge in [-0.1, -0.05) is 12.1 Å². The Balaban J connectivity index is 1.53. The van der Waals surface area contributed by atoms with Gasteiger partial charge in [-0.3, -0.25) is 9.69 Å². The molecule has 1 saturated heterocycles. The normalized spacial score (nSPS) is 17.7. The monoisotopic (exact) mass is 343 g/mol. The molecule has 1 aromatic heterocycles. The van der Waals surface area contributed by atoms with Crippen molar-refractivity contribution in [2.45, 2.75) is 25.4 Å². The highest BCUT2D eigenvalue weighted by molar-refractivity contribution is 7.13. The molecule has 2 aromatic rings. The summed E-state index contributed by atoms with van der Waals surface area (Å²) in [5.41, 5.74) is 1.63. The van der Waals surface area contributed by atoms with Gasteiger partial charge in [0.25, 0.3) is 5.91 Å². The van der Waals surface area contributed by atoms with Gasteiger partial charge in [0.05, 0.1) is 24.9 Å². The summed E-state index contributed by atoms with van der Waals surface area (Å²) in [7, 11) is 1.63. The third kappa shape index (κ3) is 2.65. The highest BCUT2D eigenvalue weighted by atomic mass is 32.1. The standard InChI is InChI=1S/C17H17N3O3S/c1-23-14-5-3-2-4-13(14)16-18-11(10-24-16)8-20-15(21)9-19(17(20)22)12-6-7-12/h2-5,10,12H,6-9H2,1H3. The summed E-state index contributed by atoms with van der Waals surface area (Å²) in [5.74, 6) is 0.616. The molecule has 2 aliphatic rings. The molecule has 0 radical (unpaired) electrons. The summed E-state index contributed by atoms with van der Waals surface area (Å²) in [6.45, 7) is 0.430. The van der Waals surface area contributed by atoms with Crippen LogP contribution in [0.4, 0.5) is 4.79 Å². The van der Waals surface area contributed by atoms with Gasteiger partial charge < -0.3 is 9.64 Å². The molecule has 1 saturated carbocycles. The number of nitrogens with zero attached hydrogens (tertiary/aromatic N) is 3. The molecule has 0 bridgehead atoms. The number of thiazole rings is 1. The quantitative estimate of drug-likeness (QED) is 0.783. The average molecular weight is 343 g/mol. The number of amides is 3. The van der Waals surface area contributed by atoms with Gasteiger partial charge in [-0.2, -0.15) is 0 Å². The Morgan fingerprint density at radius 3 is 2.83 bits per heavy atom. The predicted molar refractivity (Wildman–Crippen MR) is 89.8 cm³/mol. The lowest BCUT2D eigenvalue weighted by Gasteiger charge is -2.15. The first-order valence-corrected chi connectivity index (χ1v) is 8.74. The van der Waals surface area contributed by atoms with Crippen LogP contribution in [0.5, 0.6) is 5.75 Å². The Labute approximate surface area is 143 Å². The number of benzene rings is 1. The van der Waals surface area contributed by atoms with Crippen molar-refractivity contribution in [3.05, 3.63) is 35.3 Å². The second kappa shape index (κ2) is 5.90. The van der Waals surface area contributed by atoms with Gasteiger partial charge in [-0.15, -0.1) is 11.3 Å². The lowest BCUT2D eigenvalue weighted by Crippen LogP contribution is -2.33. The molecule has 7 heteroatoms. The van der Waals surface area contributed by atoms with Crippen LogP contribution in [-0.4, -0.2) is 46.4 Å². The van der Waals surface area contributed by atoms with Crippen molar-refractivity contribution in [1.29, 1.82) is 0 Å². The van der Waals surface area contributed by atoms with E-state index in [1.54, 1.807) is 12.0 Å². The molecule has 3 amide bonds. The fraction of sp³-hybridized carbons (Fsp3) is 0.353. The third-order valence-electron chi connectivity index (χ3n) is 4.28. The number of hydrogen-bond donors (Lipinski definition) is 0. The Morgan fingerprint density at radius 2 is 2.08 bits per heavy atom. The molecule has 0 unspecified atom stereocenters. The van der Waals surface area contributed by atoms with Crippen molar-refractivity contribution in [3.8, 4) is 16.3 Å². The minimum absolute atomic E-state index is 0.140. The van der Waals surface area contributed by atoms with E-state index >= 15 is 0 Å². The molecule has 0 atom stereocenters. The second-order valence-electron chi connectivity index (χ2n) is 5.97. The summed E-state index contributed by atoms with van der Waals surface area (Å²) >= 11 is 1.48. The number of carbonyl (C=O) groups is 2. The molecule has 24 heavy (non-hydrogen) atoms. The van der Waals surface area contributed by atoms with E-state index < -0.39 is 0 Å². The van der Waals surface area contributed by atoms with Gasteiger partial charge in [0.1, 0.15) is 17.3 Å². The van der Waals surface area contributed by atoms with Gasteiger partial charge in [0, 0.05) is 11.4 Å². The topological polar surface area (TPSA) is 62.7 Å². The fourth-order valence-electron chi connectivity index (χ4n) is 2.87. The van der Waals surface area contributed by atoms with Crippen molar-refractivity contribution in [3.63, 3.8) is 0 Å². The van der Waals surface area contributed by atoms with E-state index in [2.05, 4.69) is 4.98 Å². The smallest absolute Gasteiger partial charge is 0.327 e. The average Bonchev–Trinajstić information content (AvgIpc) is 3.27. The minimum atomic E-state index is -0.186. The molecule has 1 aromatic carbocycles. The van der Waals surface area contributed by atoms with Crippen LogP contribution < -0.4 is 4.74 Å². The molecule has 1 aliphatic carbocycles. The Hall–Kier alpha value is -2.41. The van der Waals surface area contributed by atoms with Crippen molar-refractivity contribution in [1.82, 2.24) is 14.8 Å². The Bertz CT molecular complexity index is 800. The third-order valence-corrected chi connectivity index (χ3v) is 5.20. The fourth-order valence-corrected chi connectivity index (χ4v) is 3.71. The SMILES string of the molecule is COc1ccccc1-c1nc(CN2C(=O)CN(C3CC3)C2=O)cs1. The molecule has 0 N–H and O–H groups in total. The van der Waals surface area contributed by atoms with Crippen LogP contribution in [-0.2, 0) is 11.3 Å². The number of aromatic nitrogens is 1. The molecule has 2 heterocycles. The van der Waals surface area contributed by atoms with E-state index in [9.17, 15) is 9.59 Å². The highest BCUT2D eigenvalue weighted by Gasteiger charge is 2.43. The van der Waals surface area contributed by atoms with Crippen LogP contribution in [0.3, 0.4) is 0 Å². The maximum absolute atomic E-state index is 12.4.